The summed E-state index contributed by atoms with van der Waals surface area (Å²) in [6, 6.07) is 8.39. The average molecular weight is 345 g/mol. The molecule has 1 aliphatic carbocycles. The summed E-state index contributed by atoms with van der Waals surface area (Å²) in [6.07, 6.45) is 1.24. The molecule has 1 saturated heterocycles. The molecule has 0 spiro atoms. The number of carbonyl (C=O) groups is 2. The van der Waals surface area contributed by atoms with Crippen molar-refractivity contribution in [2.75, 3.05) is 36.4 Å². The van der Waals surface area contributed by atoms with Crippen molar-refractivity contribution >= 4 is 23.3 Å². The Bertz CT molecular complexity index is 647. The summed E-state index contributed by atoms with van der Waals surface area (Å²) < 4.78 is 0. The molecule has 1 aromatic carbocycles. The molecule has 1 aliphatic heterocycles. The molecule has 2 aliphatic rings. The molecule has 1 saturated carbocycles. The zero-order valence-corrected chi connectivity index (χ0v) is 15.0. The molecule has 1 aromatic rings. The Labute approximate surface area is 148 Å². The number of anilines is 2. The van der Waals surface area contributed by atoms with Gasteiger partial charge in [0.2, 0.25) is 5.91 Å². The third-order valence-corrected chi connectivity index (χ3v) is 5.35. The monoisotopic (exact) mass is 345 g/mol. The van der Waals surface area contributed by atoms with Crippen LogP contribution in [0.1, 0.15) is 33.1 Å². The van der Waals surface area contributed by atoms with Crippen LogP contribution in [0.3, 0.4) is 0 Å². The van der Waals surface area contributed by atoms with E-state index in [2.05, 4.69) is 35.0 Å². The van der Waals surface area contributed by atoms with Gasteiger partial charge in [0.15, 0.2) is 0 Å². The van der Waals surface area contributed by atoms with Crippen LogP contribution in [0, 0.1) is 5.41 Å². The summed E-state index contributed by atoms with van der Waals surface area (Å²) in [5, 5.41) is 12.1. The van der Waals surface area contributed by atoms with Crippen molar-refractivity contribution in [2.45, 2.75) is 39.2 Å². The van der Waals surface area contributed by atoms with Crippen LogP contribution < -0.4 is 10.2 Å². The number of benzene rings is 1. The summed E-state index contributed by atoms with van der Waals surface area (Å²) in [6.45, 7) is 8.45. The van der Waals surface area contributed by atoms with Gasteiger partial charge < -0.3 is 15.3 Å². The van der Waals surface area contributed by atoms with Gasteiger partial charge in [-0.15, -0.1) is 0 Å². The van der Waals surface area contributed by atoms with Crippen molar-refractivity contribution in [1.29, 1.82) is 0 Å². The second kappa shape index (κ2) is 7.04. The molecule has 0 aromatic heterocycles. The van der Waals surface area contributed by atoms with Gasteiger partial charge in [-0.3, -0.25) is 14.5 Å². The van der Waals surface area contributed by atoms with Crippen LogP contribution in [0.4, 0.5) is 11.4 Å². The van der Waals surface area contributed by atoms with Crippen molar-refractivity contribution in [1.82, 2.24) is 4.90 Å². The van der Waals surface area contributed by atoms with E-state index in [1.165, 1.54) is 0 Å². The fraction of sp³-hybridized carbons (Fsp3) is 0.579. The normalized spacial score (nSPS) is 19.7. The van der Waals surface area contributed by atoms with Crippen molar-refractivity contribution in [3.8, 4) is 0 Å². The predicted molar refractivity (Wildman–Crippen MR) is 97.9 cm³/mol. The van der Waals surface area contributed by atoms with E-state index in [4.69, 9.17) is 0 Å². The highest BCUT2D eigenvalue weighted by atomic mass is 16.4. The maximum absolute atomic E-state index is 12.2. The first kappa shape index (κ1) is 17.7. The van der Waals surface area contributed by atoms with Crippen LogP contribution in [0.25, 0.3) is 0 Å². The number of hydrogen-bond donors (Lipinski definition) is 2. The Morgan fingerprint density at radius 2 is 1.88 bits per heavy atom. The van der Waals surface area contributed by atoms with Crippen molar-refractivity contribution in [3.63, 3.8) is 0 Å². The number of carbonyl (C=O) groups excluding carboxylic acids is 1. The average Bonchev–Trinajstić information content (AvgIpc) is 3.36. The first-order valence-electron chi connectivity index (χ1n) is 9.02. The van der Waals surface area contributed by atoms with E-state index in [1.54, 1.807) is 0 Å². The molecule has 1 heterocycles. The van der Waals surface area contributed by atoms with E-state index in [9.17, 15) is 14.7 Å². The quantitative estimate of drug-likeness (QED) is 0.828. The Morgan fingerprint density at radius 1 is 1.20 bits per heavy atom. The third kappa shape index (κ3) is 4.12. The molecule has 2 N–H and O–H groups in total. The van der Waals surface area contributed by atoms with Crippen molar-refractivity contribution in [3.05, 3.63) is 24.3 Å². The lowest BCUT2D eigenvalue weighted by atomic mass is 10.0. The van der Waals surface area contributed by atoms with E-state index >= 15 is 0 Å². The topological polar surface area (TPSA) is 72.9 Å². The molecule has 0 atom stereocenters. The van der Waals surface area contributed by atoms with Gasteiger partial charge in [-0.05, 0) is 44.9 Å². The first-order valence-corrected chi connectivity index (χ1v) is 9.02. The summed E-state index contributed by atoms with van der Waals surface area (Å²) in [7, 11) is 0. The molecule has 0 bridgehead atoms. The molecule has 6 nitrogen and oxygen atoms in total. The SMILES string of the molecule is CC(C)N1CCN(c2cccc(NC(=O)CC3(C(=O)O)CC3)c2)CC1. The van der Waals surface area contributed by atoms with Crippen LogP contribution in [-0.2, 0) is 9.59 Å². The van der Waals surface area contributed by atoms with Gasteiger partial charge in [0.25, 0.3) is 0 Å². The van der Waals surface area contributed by atoms with E-state index in [0.717, 1.165) is 37.6 Å². The fourth-order valence-electron chi connectivity index (χ4n) is 3.41. The lowest BCUT2D eigenvalue weighted by Crippen LogP contribution is -2.48. The highest BCUT2D eigenvalue weighted by molar-refractivity contribution is 5.95. The maximum Gasteiger partial charge on any atom is 0.310 e. The van der Waals surface area contributed by atoms with Gasteiger partial charge in [0.1, 0.15) is 0 Å². The minimum absolute atomic E-state index is 0.0552. The number of nitrogens with zero attached hydrogens (tertiary/aromatic N) is 2. The van der Waals surface area contributed by atoms with Crippen LogP contribution in [-0.4, -0.2) is 54.1 Å². The number of piperazine rings is 1. The molecule has 25 heavy (non-hydrogen) atoms. The second-order valence-corrected chi connectivity index (χ2v) is 7.48. The number of rotatable bonds is 6. The summed E-state index contributed by atoms with van der Waals surface area (Å²) >= 11 is 0. The minimum atomic E-state index is -0.862. The highest BCUT2D eigenvalue weighted by Gasteiger charge is 2.51. The number of amides is 1. The molecule has 0 unspecified atom stereocenters. The van der Waals surface area contributed by atoms with E-state index in [0.29, 0.717) is 18.9 Å². The number of nitrogens with one attached hydrogen (secondary N) is 1. The Hall–Kier alpha value is -2.08. The van der Waals surface area contributed by atoms with Crippen LogP contribution in [0.2, 0.25) is 0 Å². The molecule has 136 valence electrons. The summed E-state index contributed by atoms with van der Waals surface area (Å²) in [4.78, 5) is 28.2. The molecule has 1 amide bonds. The zero-order valence-electron chi connectivity index (χ0n) is 15.0. The van der Waals surface area contributed by atoms with Gasteiger partial charge in [-0.25, -0.2) is 0 Å². The van der Waals surface area contributed by atoms with Gasteiger partial charge in [0.05, 0.1) is 5.41 Å². The van der Waals surface area contributed by atoms with E-state index in [1.807, 2.05) is 18.2 Å². The Morgan fingerprint density at radius 3 is 2.44 bits per heavy atom. The van der Waals surface area contributed by atoms with Crippen molar-refractivity contribution < 1.29 is 14.7 Å². The van der Waals surface area contributed by atoms with Gasteiger partial charge in [0, 0.05) is 50.0 Å². The molecular formula is C19H27N3O3. The minimum Gasteiger partial charge on any atom is -0.481 e. The lowest BCUT2D eigenvalue weighted by molar-refractivity contribution is -0.145. The van der Waals surface area contributed by atoms with E-state index in [-0.39, 0.29) is 12.3 Å². The standard InChI is InChI=1S/C19H27N3O3/c1-14(2)21-8-10-22(11-9-21)16-5-3-4-15(12-16)20-17(23)13-19(6-7-19)18(24)25/h3-5,12,14H,6-11,13H2,1-2H3,(H,20,23)(H,24,25). The van der Waals surface area contributed by atoms with Gasteiger partial charge in [-0.2, -0.15) is 0 Å². The van der Waals surface area contributed by atoms with Gasteiger partial charge in [-0.1, -0.05) is 6.07 Å². The summed E-state index contributed by atoms with van der Waals surface area (Å²) in [5.74, 6) is -1.08. The Kier molecular flexibility index (Phi) is 4.99. The van der Waals surface area contributed by atoms with Crippen LogP contribution in [0.5, 0.6) is 0 Å². The Balaban J connectivity index is 1.58. The molecule has 6 heteroatoms. The number of hydrogen-bond acceptors (Lipinski definition) is 4. The van der Waals surface area contributed by atoms with Crippen molar-refractivity contribution in [2.24, 2.45) is 5.41 Å². The first-order chi connectivity index (χ1) is 11.9. The largest absolute Gasteiger partial charge is 0.481 e. The number of carboxylic acid groups (broad SMARTS) is 1. The second-order valence-electron chi connectivity index (χ2n) is 7.48. The number of aliphatic carboxylic acids is 1. The van der Waals surface area contributed by atoms with E-state index < -0.39 is 11.4 Å². The predicted octanol–water partition coefficient (Wildman–Crippen LogP) is 2.41. The van der Waals surface area contributed by atoms with Crippen LogP contribution in [0.15, 0.2) is 24.3 Å². The van der Waals surface area contributed by atoms with Gasteiger partial charge >= 0.3 is 5.97 Å². The summed E-state index contributed by atoms with van der Waals surface area (Å²) in [5.41, 5.74) is 1.00. The maximum atomic E-state index is 12.2. The smallest absolute Gasteiger partial charge is 0.310 e. The zero-order chi connectivity index (χ0) is 18.0. The molecule has 2 fully saturated rings. The molecule has 3 rings (SSSR count). The molecule has 0 radical (unpaired) electrons. The number of carboxylic acids is 1. The lowest BCUT2D eigenvalue weighted by Gasteiger charge is -2.38. The highest BCUT2D eigenvalue weighted by Crippen LogP contribution is 2.49. The molecular weight excluding hydrogens is 318 g/mol. The third-order valence-electron chi connectivity index (χ3n) is 5.35. The fourth-order valence-corrected chi connectivity index (χ4v) is 3.41. The van der Waals surface area contributed by atoms with Crippen LogP contribution >= 0.6 is 0 Å².